The molecule has 0 bridgehead atoms. The van der Waals surface area contributed by atoms with Crippen LogP contribution in [0.3, 0.4) is 0 Å². The zero-order chi connectivity index (χ0) is 5.98. The van der Waals surface area contributed by atoms with Gasteiger partial charge in [0.05, 0.1) is 6.67 Å². The SMILES string of the molecule is C=C1CCC(CF)C1. The molecule has 0 nitrogen and oxygen atoms in total. The minimum Gasteiger partial charge on any atom is -0.251 e. The summed E-state index contributed by atoms with van der Waals surface area (Å²) in [6.45, 7) is 3.63. The molecular formula is C7H11F. The van der Waals surface area contributed by atoms with Gasteiger partial charge in [0.2, 0.25) is 0 Å². The lowest BCUT2D eigenvalue weighted by atomic mass is 10.1. The Bertz CT molecular complexity index is 96.6. The number of hydrogen-bond donors (Lipinski definition) is 0. The lowest BCUT2D eigenvalue weighted by molar-refractivity contribution is 0.371. The zero-order valence-electron chi connectivity index (χ0n) is 4.99. The first kappa shape index (κ1) is 5.80. The standard InChI is InChI=1S/C7H11F/c1-6-2-3-7(4-6)5-8/h7H,1-5H2. The van der Waals surface area contributed by atoms with E-state index in [1.54, 1.807) is 0 Å². The van der Waals surface area contributed by atoms with Gasteiger partial charge in [0, 0.05) is 0 Å². The van der Waals surface area contributed by atoms with Gasteiger partial charge in [0.15, 0.2) is 0 Å². The molecule has 0 aromatic heterocycles. The molecule has 0 N–H and O–H groups in total. The maximum Gasteiger partial charge on any atom is 0.0925 e. The lowest BCUT2D eigenvalue weighted by Gasteiger charge is -1.97. The second-order valence-corrected chi connectivity index (χ2v) is 2.51. The Morgan fingerprint density at radius 3 is 2.75 bits per heavy atom. The molecule has 0 heterocycles. The Balaban J connectivity index is 2.32. The predicted molar refractivity (Wildman–Crippen MR) is 32.5 cm³/mol. The summed E-state index contributed by atoms with van der Waals surface area (Å²) in [6, 6.07) is 0. The van der Waals surface area contributed by atoms with E-state index in [0.717, 1.165) is 19.3 Å². The van der Waals surface area contributed by atoms with E-state index in [0.29, 0.717) is 5.92 Å². The van der Waals surface area contributed by atoms with E-state index in [1.165, 1.54) is 5.57 Å². The van der Waals surface area contributed by atoms with Gasteiger partial charge < -0.3 is 0 Å². The highest BCUT2D eigenvalue weighted by molar-refractivity contribution is 5.01. The first-order chi connectivity index (χ1) is 3.83. The number of halogens is 1. The molecule has 0 aromatic carbocycles. The van der Waals surface area contributed by atoms with Crippen molar-refractivity contribution in [3.63, 3.8) is 0 Å². The highest BCUT2D eigenvalue weighted by Crippen LogP contribution is 2.28. The molecule has 0 aliphatic heterocycles. The smallest absolute Gasteiger partial charge is 0.0925 e. The summed E-state index contributed by atoms with van der Waals surface area (Å²) in [5.41, 5.74) is 1.23. The molecule has 0 amide bonds. The summed E-state index contributed by atoms with van der Waals surface area (Å²) < 4.78 is 11.8. The Hall–Kier alpha value is -0.330. The molecule has 8 heavy (non-hydrogen) atoms. The first-order valence-electron chi connectivity index (χ1n) is 3.05. The van der Waals surface area contributed by atoms with Crippen LogP contribution < -0.4 is 0 Å². The fraction of sp³-hybridized carbons (Fsp3) is 0.714. The molecule has 1 aliphatic rings. The molecule has 1 rings (SSSR count). The van der Waals surface area contributed by atoms with E-state index in [2.05, 4.69) is 6.58 Å². The summed E-state index contributed by atoms with van der Waals surface area (Å²) >= 11 is 0. The van der Waals surface area contributed by atoms with Gasteiger partial charge in [-0.1, -0.05) is 12.2 Å². The minimum absolute atomic E-state index is 0.154. The van der Waals surface area contributed by atoms with Gasteiger partial charge in [0.1, 0.15) is 0 Å². The Morgan fingerprint density at radius 2 is 2.50 bits per heavy atom. The normalized spacial score (nSPS) is 29.1. The van der Waals surface area contributed by atoms with Crippen molar-refractivity contribution in [3.05, 3.63) is 12.2 Å². The van der Waals surface area contributed by atoms with Gasteiger partial charge in [-0.05, 0) is 25.2 Å². The quantitative estimate of drug-likeness (QED) is 0.459. The Morgan fingerprint density at radius 1 is 1.75 bits per heavy atom. The monoisotopic (exact) mass is 114 g/mol. The van der Waals surface area contributed by atoms with Crippen LogP contribution in [-0.2, 0) is 0 Å². The van der Waals surface area contributed by atoms with Crippen molar-refractivity contribution in [1.82, 2.24) is 0 Å². The van der Waals surface area contributed by atoms with Crippen molar-refractivity contribution in [3.8, 4) is 0 Å². The third kappa shape index (κ3) is 1.09. The molecule has 0 spiro atoms. The van der Waals surface area contributed by atoms with E-state index in [1.807, 2.05) is 0 Å². The fourth-order valence-electron chi connectivity index (χ4n) is 1.15. The van der Waals surface area contributed by atoms with Crippen LogP contribution in [0.25, 0.3) is 0 Å². The van der Waals surface area contributed by atoms with Crippen LogP contribution in [-0.4, -0.2) is 6.67 Å². The van der Waals surface area contributed by atoms with E-state index < -0.39 is 0 Å². The summed E-state index contributed by atoms with van der Waals surface area (Å²) in [6.07, 6.45) is 3.00. The fourth-order valence-corrected chi connectivity index (χ4v) is 1.15. The van der Waals surface area contributed by atoms with Crippen LogP contribution in [0.1, 0.15) is 19.3 Å². The molecule has 1 fully saturated rings. The Labute approximate surface area is 49.4 Å². The molecule has 1 saturated carbocycles. The molecule has 1 atom stereocenters. The molecule has 0 saturated heterocycles. The molecule has 1 aliphatic carbocycles. The van der Waals surface area contributed by atoms with E-state index >= 15 is 0 Å². The van der Waals surface area contributed by atoms with Gasteiger partial charge in [0.25, 0.3) is 0 Å². The Kier molecular flexibility index (Phi) is 1.66. The maximum atomic E-state index is 11.8. The molecule has 0 radical (unpaired) electrons. The van der Waals surface area contributed by atoms with E-state index in [-0.39, 0.29) is 6.67 Å². The van der Waals surface area contributed by atoms with Crippen LogP contribution in [0.2, 0.25) is 0 Å². The van der Waals surface area contributed by atoms with Crippen LogP contribution in [0.5, 0.6) is 0 Å². The van der Waals surface area contributed by atoms with Crippen molar-refractivity contribution >= 4 is 0 Å². The van der Waals surface area contributed by atoms with Crippen molar-refractivity contribution < 1.29 is 4.39 Å². The second-order valence-electron chi connectivity index (χ2n) is 2.51. The molecule has 1 unspecified atom stereocenters. The molecule has 0 aromatic rings. The first-order valence-corrected chi connectivity index (χ1v) is 3.05. The highest BCUT2D eigenvalue weighted by atomic mass is 19.1. The van der Waals surface area contributed by atoms with Crippen LogP contribution in [0.4, 0.5) is 4.39 Å². The average molecular weight is 114 g/mol. The van der Waals surface area contributed by atoms with Gasteiger partial charge in [-0.25, -0.2) is 0 Å². The van der Waals surface area contributed by atoms with Gasteiger partial charge in [-0.3, -0.25) is 4.39 Å². The van der Waals surface area contributed by atoms with Gasteiger partial charge in [-0.2, -0.15) is 0 Å². The number of hydrogen-bond acceptors (Lipinski definition) is 0. The largest absolute Gasteiger partial charge is 0.251 e. The van der Waals surface area contributed by atoms with Crippen molar-refractivity contribution in [2.45, 2.75) is 19.3 Å². The van der Waals surface area contributed by atoms with Crippen molar-refractivity contribution in [2.75, 3.05) is 6.67 Å². The summed E-state index contributed by atoms with van der Waals surface area (Å²) in [5.74, 6) is 0.308. The topological polar surface area (TPSA) is 0 Å². The number of rotatable bonds is 1. The molecular weight excluding hydrogens is 103 g/mol. The molecule has 1 heteroatoms. The van der Waals surface area contributed by atoms with E-state index in [9.17, 15) is 4.39 Å². The predicted octanol–water partition coefficient (Wildman–Crippen LogP) is 2.31. The van der Waals surface area contributed by atoms with Crippen molar-refractivity contribution in [1.29, 1.82) is 0 Å². The summed E-state index contributed by atoms with van der Waals surface area (Å²) in [5, 5.41) is 0. The number of alkyl halides is 1. The van der Waals surface area contributed by atoms with Gasteiger partial charge >= 0.3 is 0 Å². The summed E-state index contributed by atoms with van der Waals surface area (Å²) in [7, 11) is 0. The van der Waals surface area contributed by atoms with Crippen LogP contribution in [0.15, 0.2) is 12.2 Å². The van der Waals surface area contributed by atoms with Crippen LogP contribution in [0, 0.1) is 5.92 Å². The minimum atomic E-state index is -0.154. The third-order valence-electron chi connectivity index (χ3n) is 1.70. The highest BCUT2D eigenvalue weighted by Gasteiger charge is 2.16. The van der Waals surface area contributed by atoms with Crippen molar-refractivity contribution in [2.24, 2.45) is 5.92 Å². The average Bonchev–Trinajstić information content (AvgIpc) is 2.14. The lowest BCUT2D eigenvalue weighted by Crippen LogP contribution is -1.93. The summed E-state index contributed by atoms with van der Waals surface area (Å²) in [4.78, 5) is 0. The maximum absolute atomic E-state index is 11.8. The number of allylic oxidation sites excluding steroid dienone is 1. The second kappa shape index (κ2) is 2.29. The zero-order valence-corrected chi connectivity index (χ0v) is 4.99. The molecule has 46 valence electrons. The van der Waals surface area contributed by atoms with E-state index in [4.69, 9.17) is 0 Å². The van der Waals surface area contributed by atoms with Crippen LogP contribution >= 0.6 is 0 Å². The van der Waals surface area contributed by atoms with Gasteiger partial charge in [-0.15, -0.1) is 0 Å². The third-order valence-corrected chi connectivity index (χ3v) is 1.70.